The standard InChI is InChI=1S/C15H16ClNO4/c16-9-2-1-3-10(6-9)21-11-4-5-17(8-11)14(18)12-7-13(12)15(19)20/h1-3,6,11-13H,4-5,7-8H2,(H,19,20). The number of nitrogens with zero attached hydrogens (tertiary/aromatic N) is 1. The van der Waals surface area contributed by atoms with E-state index in [0.717, 1.165) is 6.42 Å². The molecule has 6 heteroatoms. The fourth-order valence-corrected chi connectivity index (χ4v) is 2.91. The van der Waals surface area contributed by atoms with Gasteiger partial charge in [-0.2, -0.15) is 0 Å². The number of aliphatic carboxylic acids is 1. The van der Waals surface area contributed by atoms with E-state index in [2.05, 4.69) is 0 Å². The SMILES string of the molecule is O=C(O)C1CC1C(=O)N1CCC(Oc2cccc(Cl)c2)C1. The van der Waals surface area contributed by atoms with E-state index in [0.29, 0.717) is 30.3 Å². The lowest BCUT2D eigenvalue weighted by molar-refractivity contribution is -0.141. The monoisotopic (exact) mass is 309 g/mol. The van der Waals surface area contributed by atoms with Gasteiger partial charge < -0.3 is 14.7 Å². The first-order chi connectivity index (χ1) is 10.0. The molecule has 0 aromatic heterocycles. The lowest BCUT2D eigenvalue weighted by Crippen LogP contribution is -2.32. The van der Waals surface area contributed by atoms with Crippen molar-refractivity contribution in [3.8, 4) is 5.75 Å². The number of rotatable bonds is 4. The average molecular weight is 310 g/mol. The Hall–Kier alpha value is -1.75. The second-order valence-electron chi connectivity index (χ2n) is 5.56. The molecule has 1 aliphatic heterocycles. The Balaban J connectivity index is 1.54. The minimum atomic E-state index is -0.876. The highest BCUT2D eigenvalue weighted by molar-refractivity contribution is 6.30. The number of halogens is 1. The minimum Gasteiger partial charge on any atom is -0.488 e. The summed E-state index contributed by atoms with van der Waals surface area (Å²) in [6, 6.07) is 7.17. The summed E-state index contributed by atoms with van der Waals surface area (Å²) in [5.74, 6) is -1.08. The van der Waals surface area contributed by atoms with Crippen LogP contribution in [0.4, 0.5) is 0 Å². The van der Waals surface area contributed by atoms with Gasteiger partial charge in [-0.15, -0.1) is 0 Å². The van der Waals surface area contributed by atoms with Gasteiger partial charge in [-0.1, -0.05) is 17.7 Å². The number of ether oxygens (including phenoxy) is 1. The van der Waals surface area contributed by atoms with Gasteiger partial charge in [-0.05, 0) is 24.6 Å². The van der Waals surface area contributed by atoms with E-state index in [1.807, 2.05) is 12.1 Å². The van der Waals surface area contributed by atoms with Gasteiger partial charge in [0.15, 0.2) is 0 Å². The van der Waals surface area contributed by atoms with Crippen molar-refractivity contribution in [2.24, 2.45) is 11.8 Å². The summed E-state index contributed by atoms with van der Waals surface area (Å²) in [7, 11) is 0. The fraction of sp³-hybridized carbons (Fsp3) is 0.467. The third kappa shape index (κ3) is 3.13. The molecule has 0 spiro atoms. The lowest BCUT2D eigenvalue weighted by atomic mass is 10.3. The molecular weight excluding hydrogens is 294 g/mol. The molecule has 1 saturated carbocycles. The smallest absolute Gasteiger partial charge is 0.307 e. The second-order valence-corrected chi connectivity index (χ2v) is 5.99. The number of carbonyl (C=O) groups excluding carboxylic acids is 1. The van der Waals surface area contributed by atoms with Gasteiger partial charge in [0.2, 0.25) is 5.91 Å². The Bertz CT molecular complexity index is 577. The van der Waals surface area contributed by atoms with Crippen molar-refractivity contribution in [2.75, 3.05) is 13.1 Å². The van der Waals surface area contributed by atoms with E-state index in [1.165, 1.54) is 0 Å². The molecule has 1 aliphatic carbocycles. The van der Waals surface area contributed by atoms with Crippen LogP contribution in [0.2, 0.25) is 5.02 Å². The van der Waals surface area contributed by atoms with Gasteiger partial charge in [0, 0.05) is 18.0 Å². The Morgan fingerprint density at radius 3 is 2.81 bits per heavy atom. The highest BCUT2D eigenvalue weighted by Gasteiger charge is 2.50. The van der Waals surface area contributed by atoms with Crippen LogP contribution in [-0.4, -0.2) is 41.1 Å². The number of hydrogen-bond acceptors (Lipinski definition) is 3. The Labute approximate surface area is 127 Å². The zero-order valence-electron chi connectivity index (χ0n) is 11.4. The molecule has 3 unspecified atom stereocenters. The van der Waals surface area contributed by atoms with Crippen molar-refractivity contribution >= 4 is 23.5 Å². The lowest BCUT2D eigenvalue weighted by Gasteiger charge is -2.17. The summed E-state index contributed by atoms with van der Waals surface area (Å²) in [4.78, 5) is 24.7. The van der Waals surface area contributed by atoms with Crippen molar-refractivity contribution in [3.05, 3.63) is 29.3 Å². The van der Waals surface area contributed by atoms with Gasteiger partial charge in [0.1, 0.15) is 11.9 Å². The fourth-order valence-electron chi connectivity index (χ4n) is 2.73. The largest absolute Gasteiger partial charge is 0.488 e. The van der Waals surface area contributed by atoms with Crippen LogP contribution in [0.3, 0.4) is 0 Å². The van der Waals surface area contributed by atoms with Crippen LogP contribution in [0.5, 0.6) is 5.75 Å². The van der Waals surface area contributed by atoms with Crippen LogP contribution in [0.15, 0.2) is 24.3 Å². The van der Waals surface area contributed by atoms with E-state index in [1.54, 1.807) is 17.0 Å². The van der Waals surface area contributed by atoms with Gasteiger partial charge in [-0.25, -0.2) is 0 Å². The minimum absolute atomic E-state index is 0.0559. The molecule has 1 aromatic rings. The van der Waals surface area contributed by atoms with Crippen LogP contribution in [0.1, 0.15) is 12.8 Å². The molecule has 112 valence electrons. The van der Waals surface area contributed by atoms with Crippen LogP contribution in [-0.2, 0) is 9.59 Å². The van der Waals surface area contributed by atoms with Crippen molar-refractivity contribution in [3.63, 3.8) is 0 Å². The Morgan fingerprint density at radius 1 is 1.33 bits per heavy atom. The maximum absolute atomic E-state index is 12.2. The van der Waals surface area contributed by atoms with Crippen molar-refractivity contribution in [1.82, 2.24) is 4.90 Å². The third-order valence-electron chi connectivity index (χ3n) is 3.98. The maximum Gasteiger partial charge on any atom is 0.307 e. The molecular formula is C15H16ClNO4. The molecule has 1 saturated heterocycles. The first kappa shape index (κ1) is 14.2. The van der Waals surface area contributed by atoms with Crippen molar-refractivity contribution in [1.29, 1.82) is 0 Å². The number of hydrogen-bond donors (Lipinski definition) is 1. The van der Waals surface area contributed by atoms with E-state index in [4.69, 9.17) is 21.4 Å². The molecule has 0 radical (unpaired) electrons. The van der Waals surface area contributed by atoms with Crippen LogP contribution in [0, 0.1) is 11.8 Å². The normalized spacial score (nSPS) is 27.5. The van der Waals surface area contributed by atoms with Crippen LogP contribution >= 0.6 is 11.6 Å². The maximum atomic E-state index is 12.2. The quantitative estimate of drug-likeness (QED) is 0.924. The number of benzene rings is 1. The third-order valence-corrected chi connectivity index (χ3v) is 4.22. The van der Waals surface area contributed by atoms with E-state index >= 15 is 0 Å². The number of carboxylic acids is 1. The first-order valence-corrected chi connectivity index (χ1v) is 7.36. The molecule has 0 bridgehead atoms. The van der Waals surface area contributed by atoms with Gasteiger partial charge in [0.25, 0.3) is 0 Å². The summed E-state index contributed by atoms with van der Waals surface area (Å²) < 4.78 is 5.82. The van der Waals surface area contributed by atoms with Gasteiger partial charge in [0.05, 0.1) is 18.4 Å². The van der Waals surface area contributed by atoms with E-state index < -0.39 is 11.9 Å². The van der Waals surface area contributed by atoms with Crippen molar-refractivity contribution in [2.45, 2.75) is 18.9 Å². The summed E-state index contributed by atoms with van der Waals surface area (Å²) >= 11 is 5.90. The summed E-state index contributed by atoms with van der Waals surface area (Å²) in [5.41, 5.74) is 0. The average Bonchev–Trinajstić information content (AvgIpc) is 3.12. The molecule has 5 nitrogen and oxygen atoms in total. The van der Waals surface area contributed by atoms with Gasteiger partial charge in [-0.3, -0.25) is 9.59 Å². The van der Waals surface area contributed by atoms with Crippen LogP contribution in [0.25, 0.3) is 0 Å². The summed E-state index contributed by atoms with van der Waals surface area (Å²) in [6.07, 6.45) is 1.15. The Morgan fingerprint density at radius 2 is 2.14 bits per heavy atom. The molecule has 1 N–H and O–H groups in total. The molecule has 3 atom stereocenters. The summed E-state index contributed by atoms with van der Waals surface area (Å²) in [6.45, 7) is 1.13. The zero-order valence-corrected chi connectivity index (χ0v) is 12.1. The number of amides is 1. The predicted octanol–water partition coefficient (Wildman–Crippen LogP) is 2.04. The number of carbonyl (C=O) groups is 2. The van der Waals surface area contributed by atoms with E-state index in [-0.39, 0.29) is 17.9 Å². The first-order valence-electron chi connectivity index (χ1n) is 6.98. The highest BCUT2D eigenvalue weighted by atomic mass is 35.5. The van der Waals surface area contributed by atoms with Crippen molar-refractivity contribution < 1.29 is 19.4 Å². The molecule has 3 rings (SSSR count). The molecule has 2 aliphatic rings. The molecule has 1 amide bonds. The summed E-state index contributed by atoms with van der Waals surface area (Å²) in [5, 5.41) is 9.49. The van der Waals surface area contributed by atoms with E-state index in [9.17, 15) is 9.59 Å². The van der Waals surface area contributed by atoms with Crippen LogP contribution < -0.4 is 4.74 Å². The molecule has 21 heavy (non-hydrogen) atoms. The zero-order chi connectivity index (χ0) is 15.0. The second kappa shape index (κ2) is 5.56. The molecule has 1 heterocycles. The Kier molecular flexibility index (Phi) is 3.76. The topological polar surface area (TPSA) is 66.8 Å². The van der Waals surface area contributed by atoms with Gasteiger partial charge >= 0.3 is 5.97 Å². The molecule has 1 aromatic carbocycles. The molecule has 2 fully saturated rings. The number of carboxylic acid groups (broad SMARTS) is 1. The highest BCUT2D eigenvalue weighted by Crippen LogP contribution is 2.40. The number of likely N-dealkylation sites (tertiary alicyclic amines) is 1. The predicted molar refractivity (Wildman–Crippen MR) is 76.3 cm³/mol.